The molecule has 0 radical (unpaired) electrons. The molecule has 29 heavy (non-hydrogen) atoms. The average Bonchev–Trinajstić information content (AvgIpc) is 3.03. The molecule has 3 heterocycles. The van der Waals surface area contributed by atoms with Crippen molar-refractivity contribution < 1.29 is 9.53 Å². The summed E-state index contributed by atoms with van der Waals surface area (Å²) in [6.45, 7) is 6.83. The van der Waals surface area contributed by atoms with Crippen molar-refractivity contribution in [2.75, 3.05) is 26.3 Å². The van der Waals surface area contributed by atoms with Crippen LogP contribution in [0.3, 0.4) is 0 Å². The van der Waals surface area contributed by atoms with Gasteiger partial charge in [-0.25, -0.2) is 0 Å². The average molecular weight is 418 g/mol. The Bertz CT molecular complexity index is 849. The van der Waals surface area contributed by atoms with Gasteiger partial charge in [0.1, 0.15) is 5.82 Å². The van der Waals surface area contributed by atoms with E-state index in [1.54, 1.807) is 0 Å². The highest BCUT2D eigenvalue weighted by Crippen LogP contribution is 2.20. The van der Waals surface area contributed by atoms with Gasteiger partial charge in [0.15, 0.2) is 5.82 Å². The molecule has 1 atom stereocenters. The Labute approximate surface area is 176 Å². The molecule has 2 aliphatic rings. The van der Waals surface area contributed by atoms with Crippen LogP contribution in [0.2, 0.25) is 5.02 Å². The number of halogens is 1. The van der Waals surface area contributed by atoms with Crippen LogP contribution >= 0.6 is 11.6 Å². The van der Waals surface area contributed by atoms with Gasteiger partial charge in [0.25, 0.3) is 0 Å². The molecule has 4 rings (SSSR count). The number of rotatable bonds is 5. The highest BCUT2D eigenvalue weighted by molar-refractivity contribution is 6.30. The van der Waals surface area contributed by atoms with Gasteiger partial charge in [0, 0.05) is 56.8 Å². The molecule has 2 aromatic rings. The smallest absolute Gasteiger partial charge is 0.223 e. The van der Waals surface area contributed by atoms with E-state index in [-0.39, 0.29) is 17.9 Å². The molecule has 7 nitrogen and oxygen atoms in total. The second-order valence-corrected chi connectivity index (χ2v) is 8.34. The lowest BCUT2D eigenvalue weighted by Crippen LogP contribution is -2.36. The van der Waals surface area contributed by atoms with Crippen molar-refractivity contribution in [1.82, 2.24) is 25.0 Å². The van der Waals surface area contributed by atoms with Gasteiger partial charge in [-0.3, -0.25) is 9.69 Å². The Morgan fingerprint density at radius 2 is 2.10 bits per heavy atom. The molecule has 2 aliphatic heterocycles. The van der Waals surface area contributed by atoms with Gasteiger partial charge in [0.05, 0.1) is 6.04 Å². The Kier molecular flexibility index (Phi) is 6.47. The highest BCUT2D eigenvalue weighted by Gasteiger charge is 2.26. The third-order valence-electron chi connectivity index (χ3n) is 5.78. The van der Waals surface area contributed by atoms with Crippen molar-refractivity contribution in [1.29, 1.82) is 0 Å². The minimum absolute atomic E-state index is 0.0333. The van der Waals surface area contributed by atoms with Gasteiger partial charge in [0.2, 0.25) is 5.91 Å². The number of carbonyl (C=O) groups excluding carboxylic acids is 1. The largest absolute Gasteiger partial charge is 0.381 e. The highest BCUT2D eigenvalue weighted by atomic mass is 35.5. The van der Waals surface area contributed by atoms with E-state index in [4.69, 9.17) is 16.3 Å². The lowest BCUT2D eigenvalue weighted by Gasteiger charge is -2.23. The third kappa shape index (κ3) is 4.97. The molecule has 0 spiro atoms. The molecule has 1 N–H and O–H groups in total. The van der Waals surface area contributed by atoms with Crippen molar-refractivity contribution in [2.45, 2.75) is 45.3 Å². The molecular weight excluding hydrogens is 390 g/mol. The summed E-state index contributed by atoms with van der Waals surface area (Å²) in [6, 6.07) is 7.86. The van der Waals surface area contributed by atoms with Crippen molar-refractivity contribution in [2.24, 2.45) is 5.92 Å². The predicted molar refractivity (Wildman–Crippen MR) is 111 cm³/mol. The van der Waals surface area contributed by atoms with Gasteiger partial charge in [-0.05, 0) is 37.5 Å². The molecule has 0 saturated carbocycles. The number of nitrogens with one attached hydrogen (secondary N) is 1. The number of fused-ring (bicyclic) bond motifs is 1. The second-order valence-electron chi connectivity index (χ2n) is 7.90. The number of ether oxygens (including phenoxy) is 1. The summed E-state index contributed by atoms with van der Waals surface area (Å²) in [4.78, 5) is 15.0. The number of nitrogens with zero attached hydrogens (tertiary/aromatic N) is 4. The molecule has 0 bridgehead atoms. The molecular formula is C21H28ClN5O2. The first-order chi connectivity index (χ1) is 14.1. The van der Waals surface area contributed by atoms with Crippen molar-refractivity contribution in [3.05, 3.63) is 46.5 Å². The molecule has 1 aromatic carbocycles. The van der Waals surface area contributed by atoms with Crippen LogP contribution in [0.1, 0.15) is 43.0 Å². The van der Waals surface area contributed by atoms with E-state index >= 15 is 0 Å². The summed E-state index contributed by atoms with van der Waals surface area (Å²) in [5, 5.41) is 12.7. The normalized spacial score (nSPS) is 19.4. The van der Waals surface area contributed by atoms with E-state index in [9.17, 15) is 4.79 Å². The summed E-state index contributed by atoms with van der Waals surface area (Å²) in [7, 11) is 0. The van der Waals surface area contributed by atoms with Crippen molar-refractivity contribution in [3.8, 4) is 0 Å². The fourth-order valence-electron chi connectivity index (χ4n) is 4.12. The van der Waals surface area contributed by atoms with E-state index in [1.807, 2.05) is 25.1 Å². The van der Waals surface area contributed by atoms with Crippen molar-refractivity contribution >= 4 is 17.5 Å². The van der Waals surface area contributed by atoms with Crippen LogP contribution in [0.15, 0.2) is 24.3 Å². The van der Waals surface area contributed by atoms with Gasteiger partial charge >= 0.3 is 0 Å². The third-order valence-corrected chi connectivity index (χ3v) is 6.02. The number of hydrogen-bond acceptors (Lipinski definition) is 5. The number of benzene rings is 1. The van der Waals surface area contributed by atoms with Crippen LogP contribution in [0.4, 0.5) is 0 Å². The van der Waals surface area contributed by atoms with Crippen LogP contribution in [-0.2, 0) is 29.0 Å². The number of aromatic nitrogens is 3. The van der Waals surface area contributed by atoms with E-state index in [0.29, 0.717) is 13.2 Å². The SMILES string of the molecule is CC(NC(=O)C1CCOCC1)c1nnc2n1CCN(Cc1cccc(Cl)c1)CC2. The van der Waals surface area contributed by atoms with Crippen LogP contribution in [0.5, 0.6) is 0 Å². The minimum atomic E-state index is -0.161. The van der Waals surface area contributed by atoms with Gasteiger partial charge < -0.3 is 14.6 Å². The quantitative estimate of drug-likeness (QED) is 0.809. The van der Waals surface area contributed by atoms with Gasteiger partial charge in [-0.1, -0.05) is 23.7 Å². The van der Waals surface area contributed by atoms with Crippen LogP contribution in [-0.4, -0.2) is 51.9 Å². The maximum atomic E-state index is 12.6. The Hall–Kier alpha value is -1.96. The van der Waals surface area contributed by atoms with E-state index in [1.165, 1.54) is 5.56 Å². The molecule has 8 heteroatoms. The van der Waals surface area contributed by atoms with E-state index in [2.05, 4.69) is 31.0 Å². The molecule has 156 valence electrons. The zero-order valence-electron chi connectivity index (χ0n) is 16.8. The van der Waals surface area contributed by atoms with E-state index in [0.717, 1.165) is 62.1 Å². The predicted octanol–water partition coefficient (Wildman–Crippen LogP) is 2.59. The summed E-state index contributed by atoms with van der Waals surface area (Å²) in [5.74, 6) is 1.95. The maximum absolute atomic E-state index is 12.6. The summed E-state index contributed by atoms with van der Waals surface area (Å²) in [5.41, 5.74) is 1.22. The molecule has 1 aromatic heterocycles. The number of carbonyl (C=O) groups is 1. The minimum Gasteiger partial charge on any atom is -0.381 e. The molecule has 1 saturated heterocycles. The standard InChI is InChI=1S/C21H28ClN5O2/c1-15(23-21(28)17-6-11-29-12-7-17)20-25-24-19-5-8-26(9-10-27(19)20)14-16-3-2-4-18(22)13-16/h2-4,13,15,17H,5-12,14H2,1H3,(H,23,28). The van der Waals surface area contributed by atoms with Crippen LogP contribution in [0, 0.1) is 5.92 Å². The zero-order valence-corrected chi connectivity index (χ0v) is 17.6. The second kappa shape index (κ2) is 9.24. The van der Waals surface area contributed by atoms with Crippen LogP contribution in [0.25, 0.3) is 0 Å². The van der Waals surface area contributed by atoms with Crippen LogP contribution < -0.4 is 5.32 Å². The summed E-state index contributed by atoms with van der Waals surface area (Å²) < 4.78 is 7.53. The maximum Gasteiger partial charge on any atom is 0.223 e. The first-order valence-corrected chi connectivity index (χ1v) is 10.7. The number of amides is 1. The summed E-state index contributed by atoms with van der Waals surface area (Å²) >= 11 is 6.12. The molecule has 0 aliphatic carbocycles. The monoisotopic (exact) mass is 417 g/mol. The topological polar surface area (TPSA) is 72.3 Å². The van der Waals surface area contributed by atoms with Gasteiger partial charge in [-0.2, -0.15) is 0 Å². The lowest BCUT2D eigenvalue weighted by atomic mass is 9.99. The fourth-order valence-corrected chi connectivity index (χ4v) is 4.33. The molecule has 1 amide bonds. The lowest BCUT2D eigenvalue weighted by molar-refractivity contribution is -0.128. The Morgan fingerprint density at radius 1 is 1.28 bits per heavy atom. The summed E-state index contributed by atoms with van der Waals surface area (Å²) in [6.07, 6.45) is 2.41. The zero-order chi connectivity index (χ0) is 20.2. The Balaban J connectivity index is 1.38. The van der Waals surface area contributed by atoms with Crippen molar-refractivity contribution in [3.63, 3.8) is 0 Å². The fraction of sp³-hybridized carbons (Fsp3) is 0.571. The van der Waals surface area contributed by atoms with E-state index < -0.39 is 0 Å². The molecule has 1 fully saturated rings. The van der Waals surface area contributed by atoms with Gasteiger partial charge in [-0.15, -0.1) is 10.2 Å². The first-order valence-electron chi connectivity index (χ1n) is 10.4. The first kappa shape index (κ1) is 20.3. The Morgan fingerprint density at radius 3 is 2.90 bits per heavy atom. The number of hydrogen-bond donors (Lipinski definition) is 1. The molecule has 1 unspecified atom stereocenters.